The van der Waals surface area contributed by atoms with E-state index in [-0.39, 0.29) is 0 Å². The van der Waals surface area contributed by atoms with Crippen LogP contribution in [-0.2, 0) is 5.60 Å². The van der Waals surface area contributed by atoms with E-state index in [2.05, 4.69) is 5.10 Å². The topological polar surface area (TPSA) is 47.3 Å². The molecule has 1 unspecified atom stereocenters. The SMILES string of the molecule is COc1ccccc1C(O)(CF)c1ccc2c(cnn2-c2ccccc2)c1. The highest BCUT2D eigenvalue weighted by Gasteiger charge is 2.35. The van der Waals surface area contributed by atoms with E-state index in [1.807, 2.05) is 41.1 Å². The van der Waals surface area contributed by atoms with Gasteiger partial charge >= 0.3 is 0 Å². The second-order valence-electron chi connectivity index (χ2n) is 6.36. The zero-order chi connectivity index (χ0) is 18.9. The lowest BCUT2D eigenvalue weighted by atomic mass is 9.86. The van der Waals surface area contributed by atoms with Crippen molar-refractivity contribution in [3.63, 3.8) is 0 Å². The van der Waals surface area contributed by atoms with Crippen LogP contribution >= 0.6 is 0 Å². The van der Waals surface area contributed by atoms with Crippen molar-refractivity contribution in [2.75, 3.05) is 13.8 Å². The second-order valence-corrected chi connectivity index (χ2v) is 6.36. The monoisotopic (exact) mass is 362 g/mol. The minimum absolute atomic E-state index is 0.393. The first kappa shape index (κ1) is 17.2. The molecule has 0 saturated carbocycles. The number of ether oxygens (including phenoxy) is 1. The summed E-state index contributed by atoms with van der Waals surface area (Å²) in [4.78, 5) is 0. The Morgan fingerprint density at radius 2 is 1.78 bits per heavy atom. The number of aliphatic hydroxyl groups is 1. The Morgan fingerprint density at radius 3 is 2.52 bits per heavy atom. The Hall–Kier alpha value is -3.18. The Morgan fingerprint density at radius 1 is 1.04 bits per heavy atom. The predicted molar refractivity (Wildman–Crippen MR) is 103 cm³/mol. The van der Waals surface area contributed by atoms with Crippen molar-refractivity contribution in [1.29, 1.82) is 0 Å². The van der Waals surface area contributed by atoms with Gasteiger partial charge in [0.15, 0.2) is 0 Å². The number of fused-ring (bicyclic) bond motifs is 1. The molecule has 0 fully saturated rings. The fourth-order valence-corrected chi connectivity index (χ4v) is 3.36. The van der Waals surface area contributed by atoms with Crippen molar-refractivity contribution in [3.05, 3.63) is 90.1 Å². The molecule has 0 bridgehead atoms. The van der Waals surface area contributed by atoms with Gasteiger partial charge in [-0.25, -0.2) is 9.07 Å². The maximum atomic E-state index is 14.1. The van der Waals surface area contributed by atoms with Crippen LogP contribution in [0.4, 0.5) is 4.39 Å². The zero-order valence-corrected chi connectivity index (χ0v) is 14.8. The molecule has 0 spiro atoms. The van der Waals surface area contributed by atoms with Crippen LogP contribution in [0.2, 0.25) is 0 Å². The highest BCUT2D eigenvalue weighted by Crippen LogP contribution is 2.37. The Labute approximate surface area is 156 Å². The quantitative estimate of drug-likeness (QED) is 0.578. The zero-order valence-electron chi connectivity index (χ0n) is 14.8. The van der Waals surface area contributed by atoms with Crippen LogP contribution in [0.25, 0.3) is 16.6 Å². The molecule has 3 aromatic carbocycles. The van der Waals surface area contributed by atoms with Gasteiger partial charge in [-0.15, -0.1) is 0 Å². The van der Waals surface area contributed by atoms with Crippen molar-refractivity contribution in [3.8, 4) is 11.4 Å². The van der Waals surface area contributed by atoms with Crippen molar-refractivity contribution in [2.45, 2.75) is 5.60 Å². The first-order chi connectivity index (χ1) is 13.2. The Balaban J connectivity index is 1.84. The van der Waals surface area contributed by atoms with Gasteiger partial charge in [-0.05, 0) is 35.9 Å². The fraction of sp³-hybridized carbons (Fsp3) is 0.136. The molecule has 0 amide bonds. The van der Waals surface area contributed by atoms with Gasteiger partial charge in [0.25, 0.3) is 0 Å². The number of methoxy groups -OCH3 is 1. The molecule has 4 nitrogen and oxygen atoms in total. The van der Waals surface area contributed by atoms with Gasteiger partial charge in [0.2, 0.25) is 0 Å². The summed E-state index contributed by atoms with van der Waals surface area (Å²) in [6.07, 6.45) is 1.71. The van der Waals surface area contributed by atoms with Gasteiger partial charge in [-0.3, -0.25) is 0 Å². The number of halogens is 1. The molecule has 1 N–H and O–H groups in total. The summed E-state index contributed by atoms with van der Waals surface area (Å²) < 4.78 is 21.2. The van der Waals surface area contributed by atoms with Crippen LogP contribution in [0.5, 0.6) is 5.75 Å². The van der Waals surface area contributed by atoms with E-state index in [0.717, 1.165) is 16.6 Å². The van der Waals surface area contributed by atoms with Gasteiger partial charge in [0.05, 0.1) is 24.5 Å². The van der Waals surface area contributed by atoms with E-state index in [9.17, 15) is 9.50 Å². The fourth-order valence-electron chi connectivity index (χ4n) is 3.36. The minimum Gasteiger partial charge on any atom is -0.496 e. The molecule has 0 aliphatic heterocycles. The lowest BCUT2D eigenvalue weighted by molar-refractivity contribution is 0.0495. The van der Waals surface area contributed by atoms with E-state index in [0.29, 0.717) is 16.9 Å². The van der Waals surface area contributed by atoms with Crippen molar-refractivity contribution >= 4 is 10.9 Å². The van der Waals surface area contributed by atoms with Crippen LogP contribution in [0.15, 0.2) is 79.0 Å². The van der Waals surface area contributed by atoms with Gasteiger partial charge in [0.1, 0.15) is 18.0 Å². The number of alkyl halides is 1. The third kappa shape index (κ3) is 2.86. The number of hydrogen-bond acceptors (Lipinski definition) is 3. The number of nitrogens with zero attached hydrogens (tertiary/aromatic N) is 2. The van der Waals surface area contributed by atoms with E-state index in [1.165, 1.54) is 7.11 Å². The van der Waals surface area contributed by atoms with Crippen LogP contribution in [0.1, 0.15) is 11.1 Å². The summed E-state index contributed by atoms with van der Waals surface area (Å²) in [7, 11) is 1.50. The van der Waals surface area contributed by atoms with E-state index >= 15 is 0 Å². The molecule has 0 radical (unpaired) electrons. The molecule has 0 aliphatic carbocycles. The van der Waals surface area contributed by atoms with E-state index < -0.39 is 12.3 Å². The molecular weight excluding hydrogens is 343 g/mol. The average Bonchev–Trinajstić information content (AvgIpc) is 3.17. The standard InChI is InChI=1S/C22H19FN2O2/c1-27-21-10-6-5-9-19(21)22(26,15-23)17-11-12-20-16(13-17)14-24-25(20)18-7-3-2-4-8-18/h2-14,26H,15H2,1H3. The summed E-state index contributed by atoms with van der Waals surface area (Å²) in [5, 5.41) is 16.4. The normalized spacial score (nSPS) is 13.4. The van der Waals surface area contributed by atoms with Crippen molar-refractivity contribution in [1.82, 2.24) is 9.78 Å². The molecule has 1 heterocycles. The largest absolute Gasteiger partial charge is 0.496 e. The van der Waals surface area contributed by atoms with Gasteiger partial charge in [0, 0.05) is 10.9 Å². The average molecular weight is 362 g/mol. The third-order valence-corrected chi connectivity index (χ3v) is 4.79. The number of rotatable bonds is 5. The molecule has 4 aromatic rings. The second kappa shape index (κ2) is 6.85. The molecule has 27 heavy (non-hydrogen) atoms. The maximum absolute atomic E-state index is 14.1. The van der Waals surface area contributed by atoms with Crippen LogP contribution < -0.4 is 4.74 Å². The number of para-hydroxylation sites is 2. The van der Waals surface area contributed by atoms with E-state index in [4.69, 9.17) is 4.74 Å². The third-order valence-electron chi connectivity index (χ3n) is 4.79. The molecule has 1 aromatic heterocycles. The highest BCUT2D eigenvalue weighted by atomic mass is 19.1. The molecular formula is C22H19FN2O2. The summed E-state index contributed by atoms with van der Waals surface area (Å²) in [6, 6.07) is 22.0. The Kier molecular flexibility index (Phi) is 4.38. The number of aromatic nitrogens is 2. The molecule has 0 aliphatic rings. The molecule has 4 rings (SSSR count). The van der Waals surface area contributed by atoms with Crippen LogP contribution in [0, 0.1) is 0 Å². The first-order valence-corrected chi connectivity index (χ1v) is 8.63. The molecule has 136 valence electrons. The molecule has 0 saturated heterocycles. The Bertz CT molecular complexity index is 1080. The summed E-state index contributed by atoms with van der Waals surface area (Å²) >= 11 is 0. The van der Waals surface area contributed by atoms with Gasteiger partial charge < -0.3 is 9.84 Å². The summed E-state index contributed by atoms with van der Waals surface area (Å²) in [5.41, 5.74) is 0.867. The first-order valence-electron chi connectivity index (χ1n) is 8.63. The van der Waals surface area contributed by atoms with Crippen molar-refractivity contribution in [2.24, 2.45) is 0 Å². The van der Waals surface area contributed by atoms with Crippen LogP contribution in [0.3, 0.4) is 0 Å². The van der Waals surface area contributed by atoms with E-state index in [1.54, 1.807) is 42.6 Å². The predicted octanol–water partition coefficient (Wildman–Crippen LogP) is 4.24. The van der Waals surface area contributed by atoms with Gasteiger partial charge in [-0.2, -0.15) is 5.10 Å². The van der Waals surface area contributed by atoms with Gasteiger partial charge in [-0.1, -0.05) is 42.5 Å². The smallest absolute Gasteiger partial charge is 0.146 e. The maximum Gasteiger partial charge on any atom is 0.146 e. The lowest BCUT2D eigenvalue weighted by Crippen LogP contribution is -2.30. The highest BCUT2D eigenvalue weighted by molar-refractivity contribution is 5.81. The number of benzene rings is 3. The lowest BCUT2D eigenvalue weighted by Gasteiger charge is -2.27. The summed E-state index contributed by atoms with van der Waals surface area (Å²) in [6.45, 7) is -0.967. The molecule has 1 atom stereocenters. The summed E-state index contributed by atoms with van der Waals surface area (Å²) in [5.74, 6) is 0.442. The molecule has 5 heteroatoms. The minimum atomic E-state index is -1.80. The van der Waals surface area contributed by atoms with Crippen molar-refractivity contribution < 1.29 is 14.2 Å². The number of hydrogen-bond donors (Lipinski definition) is 1. The van der Waals surface area contributed by atoms with Crippen LogP contribution in [-0.4, -0.2) is 28.7 Å².